The quantitative estimate of drug-likeness (QED) is 0.250. The smallest absolute Gasteiger partial charge is 0.156 e. The zero-order chi connectivity index (χ0) is 12.6. The highest BCUT2D eigenvalue weighted by atomic mass is 16.4. The highest BCUT2D eigenvalue weighted by molar-refractivity contribution is 5.85. The van der Waals surface area contributed by atoms with E-state index in [1.165, 1.54) is 0 Å². The molecule has 0 saturated heterocycles. The molecule has 0 aliphatic heterocycles. The normalized spacial score (nSPS) is 16.4. The van der Waals surface area contributed by atoms with Gasteiger partial charge in [-0.1, -0.05) is 19.0 Å². The fourth-order valence-corrected chi connectivity index (χ4v) is 1.47. The van der Waals surface area contributed by atoms with Gasteiger partial charge >= 0.3 is 0 Å². The average Bonchev–Trinajstić information content (AvgIpc) is 2.32. The number of hydrogen-bond acceptors (Lipinski definition) is 4. The lowest BCUT2D eigenvalue weighted by molar-refractivity contribution is 0.250. The molecule has 0 rings (SSSR count). The van der Waals surface area contributed by atoms with E-state index in [2.05, 4.69) is 36.3 Å². The highest BCUT2D eigenvalue weighted by Crippen LogP contribution is 1.98. The van der Waals surface area contributed by atoms with Crippen molar-refractivity contribution in [2.45, 2.75) is 45.7 Å². The van der Waals surface area contributed by atoms with E-state index in [0.29, 0.717) is 6.04 Å². The van der Waals surface area contributed by atoms with Crippen LogP contribution in [0.4, 0.5) is 0 Å². The molecule has 0 spiro atoms. The number of oxime groups is 1. The van der Waals surface area contributed by atoms with Crippen LogP contribution in [0.2, 0.25) is 0 Å². The summed E-state index contributed by atoms with van der Waals surface area (Å²) in [6, 6.07) is 0.557. The van der Waals surface area contributed by atoms with Crippen molar-refractivity contribution < 1.29 is 5.21 Å². The van der Waals surface area contributed by atoms with Crippen LogP contribution in [0.1, 0.15) is 33.6 Å². The standard InChI is InChI=1S/C11H26N4O/c1-5-9(3)15(4)8-7-13-10(6-2)11(12)14-16/h9-10,13,16H,5-8H2,1-4H3,(H2,12,14). The van der Waals surface area contributed by atoms with Crippen molar-refractivity contribution in [1.29, 1.82) is 0 Å². The SMILES string of the molecule is CCC(NCCN(C)C(C)CC)C(N)=NO. The maximum Gasteiger partial charge on any atom is 0.156 e. The van der Waals surface area contributed by atoms with Crippen LogP contribution in [0.3, 0.4) is 0 Å². The summed E-state index contributed by atoms with van der Waals surface area (Å²) in [6.07, 6.45) is 1.97. The second kappa shape index (κ2) is 8.35. The number of likely N-dealkylation sites (N-methyl/N-ethyl adjacent to an activating group) is 1. The first kappa shape index (κ1) is 15.2. The van der Waals surface area contributed by atoms with Crippen LogP contribution < -0.4 is 11.1 Å². The van der Waals surface area contributed by atoms with E-state index in [4.69, 9.17) is 10.9 Å². The lowest BCUT2D eigenvalue weighted by atomic mass is 10.2. The van der Waals surface area contributed by atoms with Crippen molar-refractivity contribution in [2.24, 2.45) is 10.9 Å². The molecule has 0 amide bonds. The van der Waals surface area contributed by atoms with Crippen LogP contribution >= 0.6 is 0 Å². The van der Waals surface area contributed by atoms with Crippen molar-refractivity contribution in [3.05, 3.63) is 0 Å². The molecule has 0 fully saturated rings. The molecule has 0 aromatic heterocycles. The molecule has 0 radical (unpaired) electrons. The van der Waals surface area contributed by atoms with Gasteiger partial charge in [-0.3, -0.25) is 0 Å². The Bertz CT molecular complexity index is 208. The van der Waals surface area contributed by atoms with Crippen molar-refractivity contribution in [1.82, 2.24) is 10.2 Å². The Morgan fingerprint density at radius 1 is 1.44 bits per heavy atom. The molecule has 0 aromatic carbocycles. The van der Waals surface area contributed by atoms with Crippen molar-refractivity contribution in [3.63, 3.8) is 0 Å². The molecule has 5 nitrogen and oxygen atoms in total. The molecular formula is C11H26N4O. The lowest BCUT2D eigenvalue weighted by Crippen LogP contribution is -2.44. The van der Waals surface area contributed by atoms with E-state index in [0.717, 1.165) is 25.9 Å². The zero-order valence-corrected chi connectivity index (χ0v) is 10.9. The Kier molecular flexibility index (Phi) is 7.93. The lowest BCUT2D eigenvalue weighted by Gasteiger charge is -2.24. The first-order valence-electron chi connectivity index (χ1n) is 5.97. The van der Waals surface area contributed by atoms with Crippen LogP contribution in [0.15, 0.2) is 5.16 Å². The van der Waals surface area contributed by atoms with Gasteiger partial charge in [0.2, 0.25) is 0 Å². The maximum absolute atomic E-state index is 8.58. The molecule has 0 bridgehead atoms. The number of rotatable bonds is 8. The monoisotopic (exact) mass is 230 g/mol. The van der Waals surface area contributed by atoms with Crippen molar-refractivity contribution in [2.75, 3.05) is 20.1 Å². The summed E-state index contributed by atoms with van der Waals surface area (Å²) in [6.45, 7) is 8.20. The van der Waals surface area contributed by atoms with Crippen LogP contribution in [0, 0.1) is 0 Å². The topological polar surface area (TPSA) is 73.9 Å². The van der Waals surface area contributed by atoms with Gasteiger partial charge in [0.1, 0.15) is 0 Å². The van der Waals surface area contributed by atoms with Gasteiger partial charge in [0.05, 0.1) is 6.04 Å². The largest absolute Gasteiger partial charge is 0.409 e. The van der Waals surface area contributed by atoms with Gasteiger partial charge in [0.25, 0.3) is 0 Å². The van der Waals surface area contributed by atoms with E-state index in [1.54, 1.807) is 0 Å². The Morgan fingerprint density at radius 3 is 2.50 bits per heavy atom. The summed E-state index contributed by atoms with van der Waals surface area (Å²) in [7, 11) is 2.11. The fraction of sp³-hybridized carbons (Fsp3) is 0.909. The predicted octanol–water partition coefficient (Wildman–Crippen LogP) is 0.831. The Hall–Kier alpha value is -0.810. The van der Waals surface area contributed by atoms with E-state index in [9.17, 15) is 0 Å². The average molecular weight is 230 g/mol. The van der Waals surface area contributed by atoms with E-state index >= 15 is 0 Å². The third-order valence-corrected chi connectivity index (χ3v) is 3.08. The molecule has 2 unspecified atom stereocenters. The number of hydrogen-bond donors (Lipinski definition) is 3. The summed E-state index contributed by atoms with van der Waals surface area (Å²) in [5.41, 5.74) is 5.55. The number of nitrogens with two attached hydrogens (primary N) is 1. The fourth-order valence-electron chi connectivity index (χ4n) is 1.47. The molecule has 2 atom stereocenters. The molecule has 96 valence electrons. The van der Waals surface area contributed by atoms with Gasteiger partial charge in [0, 0.05) is 19.1 Å². The maximum atomic E-state index is 8.58. The molecule has 16 heavy (non-hydrogen) atoms. The minimum atomic E-state index is -0.0321. The van der Waals surface area contributed by atoms with E-state index in [-0.39, 0.29) is 11.9 Å². The molecule has 0 saturated carbocycles. The number of nitrogens with one attached hydrogen (secondary N) is 1. The molecule has 0 heterocycles. The van der Waals surface area contributed by atoms with Gasteiger partial charge in [-0.05, 0) is 26.8 Å². The van der Waals surface area contributed by atoms with Crippen LogP contribution in [0.5, 0.6) is 0 Å². The van der Waals surface area contributed by atoms with Gasteiger partial charge in [-0.2, -0.15) is 0 Å². The minimum Gasteiger partial charge on any atom is -0.409 e. The van der Waals surface area contributed by atoms with Gasteiger partial charge in [-0.25, -0.2) is 0 Å². The first-order chi connectivity index (χ1) is 7.56. The zero-order valence-electron chi connectivity index (χ0n) is 10.9. The minimum absolute atomic E-state index is 0.0321. The van der Waals surface area contributed by atoms with Crippen molar-refractivity contribution >= 4 is 5.84 Å². The summed E-state index contributed by atoms with van der Waals surface area (Å²) in [5.74, 6) is 0.258. The summed E-state index contributed by atoms with van der Waals surface area (Å²) in [5, 5.41) is 14.9. The van der Waals surface area contributed by atoms with Gasteiger partial charge < -0.3 is 21.2 Å². The molecule has 0 aromatic rings. The number of amidine groups is 1. The Morgan fingerprint density at radius 2 is 2.06 bits per heavy atom. The third kappa shape index (κ3) is 5.32. The Labute approximate surface area is 98.7 Å². The molecule has 0 aliphatic carbocycles. The van der Waals surface area contributed by atoms with E-state index in [1.807, 2.05) is 6.92 Å². The second-order valence-corrected chi connectivity index (χ2v) is 4.18. The molecule has 5 heteroatoms. The van der Waals surface area contributed by atoms with Crippen molar-refractivity contribution in [3.8, 4) is 0 Å². The van der Waals surface area contributed by atoms with Crippen LogP contribution in [0.25, 0.3) is 0 Å². The predicted molar refractivity (Wildman–Crippen MR) is 67.9 cm³/mol. The summed E-state index contributed by atoms with van der Waals surface area (Å²) >= 11 is 0. The number of nitrogens with zero attached hydrogens (tertiary/aromatic N) is 2. The summed E-state index contributed by atoms with van der Waals surface area (Å²) < 4.78 is 0. The molecule has 4 N–H and O–H groups in total. The van der Waals surface area contributed by atoms with Gasteiger partial charge in [0.15, 0.2) is 5.84 Å². The third-order valence-electron chi connectivity index (χ3n) is 3.08. The first-order valence-corrected chi connectivity index (χ1v) is 5.97. The second-order valence-electron chi connectivity index (χ2n) is 4.18. The van der Waals surface area contributed by atoms with E-state index < -0.39 is 0 Å². The highest BCUT2D eigenvalue weighted by Gasteiger charge is 2.11. The van der Waals surface area contributed by atoms with Gasteiger partial charge in [-0.15, -0.1) is 0 Å². The van der Waals surface area contributed by atoms with Crippen LogP contribution in [-0.4, -0.2) is 48.2 Å². The Balaban J connectivity index is 3.87. The van der Waals surface area contributed by atoms with Crippen LogP contribution in [-0.2, 0) is 0 Å². The summed E-state index contributed by atoms with van der Waals surface area (Å²) in [4.78, 5) is 2.30. The molecule has 0 aliphatic rings. The molecular weight excluding hydrogens is 204 g/mol.